The van der Waals surface area contributed by atoms with Crippen molar-refractivity contribution in [3.63, 3.8) is 0 Å². The Hall–Kier alpha value is -0.480. The zero-order valence-electron chi connectivity index (χ0n) is 2.33. The van der Waals surface area contributed by atoms with Crippen LogP contribution in [0.15, 0.2) is 5.18 Å². The van der Waals surface area contributed by atoms with Gasteiger partial charge < -0.3 is 10.2 Å². The summed E-state index contributed by atoms with van der Waals surface area (Å²) in [5.41, 5.74) is 0. The van der Waals surface area contributed by atoms with E-state index in [1.807, 2.05) is 0 Å². The minimum absolute atomic E-state index is 1.75. The quantitative estimate of drug-likeness (QED) is 0.312. The summed E-state index contributed by atoms with van der Waals surface area (Å²) < 4.78 is 0. The first kappa shape index (κ1) is 4.52. The van der Waals surface area contributed by atoms with Gasteiger partial charge in [0.1, 0.15) is 0 Å². The molecule has 0 saturated carbocycles. The topological polar surface area (TPSA) is 69.9 Å². The van der Waals surface area contributed by atoms with Gasteiger partial charge in [-0.1, -0.05) is 0 Å². The van der Waals surface area contributed by atoms with Gasteiger partial charge >= 0.3 is 0 Å². The standard InChI is InChI=1S/CH3NO3/c3-1(4)2-5/h1,3-4H. The molecule has 0 aromatic heterocycles. The van der Waals surface area contributed by atoms with Gasteiger partial charge in [0.2, 0.25) is 0 Å². The monoisotopic (exact) mass is 77.0 g/mol. The van der Waals surface area contributed by atoms with Crippen LogP contribution in [0.4, 0.5) is 0 Å². The van der Waals surface area contributed by atoms with Crippen molar-refractivity contribution < 1.29 is 10.2 Å². The van der Waals surface area contributed by atoms with Crippen molar-refractivity contribution in [2.24, 2.45) is 5.18 Å². The zero-order chi connectivity index (χ0) is 4.28. The summed E-state index contributed by atoms with van der Waals surface area (Å²) >= 11 is 0. The lowest BCUT2D eigenvalue weighted by Gasteiger charge is -1.78. The van der Waals surface area contributed by atoms with Gasteiger partial charge in [-0.25, -0.2) is 0 Å². The maximum absolute atomic E-state index is 8.75. The molecule has 0 rings (SSSR count). The van der Waals surface area contributed by atoms with Crippen LogP contribution in [0, 0.1) is 4.91 Å². The Bertz CT molecular complexity index is 33.9. The van der Waals surface area contributed by atoms with Crippen molar-refractivity contribution in [2.75, 3.05) is 0 Å². The van der Waals surface area contributed by atoms with E-state index >= 15 is 0 Å². The van der Waals surface area contributed by atoms with Crippen molar-refractivity contribution >= 4 is 0 Å². The van der Waals surface area contributed by atoms with Gasteiger partial charge in [0, 0.05) is 0 Å². The maximum atomic E-state index is 8.75. The molecule has 0 atom stereocenters. The molecule has 0 fully saturated rings. The van der Waals surface area contributed by atoms with Gasteiger partial charge in [-0.2, -0.15) is 0 Å². The molecular weight excluding hydrogens is 74.0 g/mol. The molecule has 0 aliphatic carbocycles. The first-order valence-corrected chi connectivity index (χ1v) is 0.957. The number of rotatable bonds is 1. The van der Waals surface area contributed by atoms with E-state index in [1.165, 1.54) is 0 Å². The van der Waals surface area contributed by atoms with Crippen LogP contribution in [-0.2, 0) is 0 Å². The second kappa shape index (κ2) is 1.80. The highest BCUT2D eigenvalue weighted by Gasteiger charge is 1.84. The molecule has 0 radical (unpaired) electrons. The summed E-state index contributed by atoms with van der Waals surface area (Å²) in [4.78, 5) is 8.75. The predicted octanol–water partition coefficient (Wildman–Crippen LogP) is -0.979. The average molecular weight is 77.0 g/mol. The summed E-state index contributed by atoms with van der Waals surface area (Å²) in [6.45, 7) is 0. The number of nitroso groups, excluding NO2 is 1. The molecule has 4 nitrogen and oxygen atoms in total. The lowest BCUT2D eigenvalue weighted by molar-refractivity contribution is -0.0325. The van der Waals surface area contributed by atoms with E-state index < -0.39 is 6.41 Å². The molecule has 0 aliphatic rings. The van der Waals surface area contributed by atoms with Crippen LogP contribution in [0.2, 0.25) is 0 Å². The van der Waals surface area contributed by atoms with Crippen molar-refractivity contribution in [2.45, 2.75) is 6.41 Å². The summed E-state index contributed by atoms with van der Waals surface area (Å²) in [5, 5.41) is 16.6. The van der Waals surface area contributed by atoms with Crippen molar-refractivity contribution in [1.29, 1.82) is 0 Å². The van der Waals surface area contributed by atoms with Gasteiger partial charge in [0.15, 0.2) is 0 Å². The minimum atomic E-state index is -2.05. The molecule has 0 aromatic rings. The van der Waals surface area contributed by atoms with Gasteiger partial charge in [0.05, 0.1) is 0 Å². The summed E-state index contributed by atoms with van der Waals surface area (Å²) in [6.07, 6.45) is -2.05. The summed E-state index contributed by atoms with van der Waals surface area (Å²) in [7, 11) is 0. The summed E-state index contributed by atoms with van der Waals surface area (Å²) in [6, 6.07) is 0. The Morgan fingerprint density at radius 2 is 1.80 bits per heavy atom. The van der Waals surface area contributed by atoms with Gasteiger partial charge in [-0.05, 0) is 5.18 Å². The van der Waals surface area contributed by atoms with E-state index in [0.717, 1.165) is 0 Å². The van der Waals surface area contributed by atoms with Gasteiger partial charge in [0.25, 0.3) is 6.41 Å². The molecule has 4 heteroatoms. The second-order valence-corrected chi connectivity index (χ2v) is 0.452. The molecule has 0 amide bonds. The van der Waals surface area contributed by atoms with Crippen LogP contribution in [0.5, 0.6) is 0 Å². The number of nitrogens with zero attached hydrogens (tertiary/aromatic N) is 1. The molecule has 30 valence electrons. The van der Waals surface area contributed by atoms with Crippen LogP contribution in [-0.4, -0.2) is 16.6 Å². The highest BCUT2D eigenvalue weighted by atomic mass is 16.5. The van der Waals surface area contributed by atoms with Crippen molar-refractivity contribution in [3.8, 4) is 0 Å². The van der Waals surface area contributed by atoms with E-state index in [2.05, 4.69) is 0 Å². The first-order chi connectivity index (χ1) is 2.27. The fourth-order valence-corrected chi connectivity index (χ4v) is 0. The third-order valence-corrected chi connectivity index (χ3v) is 0.0943. The van der Waals surface area contributed by atoms with Gasteiger partial charge in [-0.15, -0.1) is 4.91 Å². The van der Waals surface area contributed by atoms with Crippen molar-refractivity contribution in [1.82, 2.24) is 0 Å². The van der Waals surface area contributed by atoms with Crippen LogP contribution in [0.3, 0.4) is 0 Å². The Labute approximate surface area is 28.0 Å². The van der Waals surface area contributed by atoms with E-state index in [9.17, 15) is 0 Å². The Morgan fingerprint density at radius 1 is 1.60 bits per heavy atom. The predicted molar refractivity (Wildman–Crippen MR) is 14.0 cm³/mol. The lowest BCUT2D eigenvalue weighted by Crippen LogP contribution is -1.94. The van der Waals surface area contributed by atoms with Crippen molar-refractivity contribution in [3.05, 3.63) is 4.91 Å². The van der Waals surface area contributed by atoms with E-state index in [4.69, 9.17) is 15.1 Å². The van der Waals surface area contributed by atoms with Gasteiger partial charge in [-0.3, -0.25) is 0 Å². The number of aliphatic hydroxyl groups is 2. The zero-order valence-corrected chi connectivity index (χ0v) is 2.33. The molecule has 5 heavy (non-hydrogen) atoms. The fraction of sp³-hybridized carbons (Fsp3) is 1.00. The maximum Gasteiger partial charge on any atom is 0.292 e. The van der Waals surface area contributed by atoms with E-state index in [1.54, 1.807) is 5.18 Å². The lowest BCUT2D eigenvalue weighted by atomic mass is 11.2. The minimum Gasteiger partial charge on any atom is -0.348 e. The van der Waals surface area contributed by atoms with E-state index in [0.29, 0.717) is 0 Å². The number of hydrogen-bond acceptors (Lipinski definition) is 4. The highest BCUT2D eigenvalue weighted by Crippen LogP contribution is 1.67. The number of aliphatic hydroxyl groups excluding tert-OH is 1. The van der Waals surface area contributed by atoms with Crippen LogP contribution >= 0.6 is 0 Å². The number of hydrogen-bond donors (Lipinski definition) is 2. The largest absolute Gasteiger partial charge is 0.348 e. The molecule has 2 N–H and O–H groups in total. The second-order valence-electron chi connectivity index (χ2n) is 0.452. The Kier molecular flexibility index (Phi) is 1.63. The summed E-state index contributed by atoms with van der Waals surface area (Å²) in [5.74, 6) is 0. The molecule has 0 saturated heterocycles. The third-order valence-electron chi connectivity index (χ3n) is 0.0943. The Morgan fingerprint density at radius 3 is 1.80 bits per heavy atom. The molecule has 0 bridgehead atoms. The molecule has 0 unspecified atom stereocenters. The smallest absolute Gasteiger partial charge is 0.292 e. The molecule has 0 aromatic carbocycles. The molecule has 0 aliphatic heterocycles. The fourth-order valence-electron chi connectivity index (χ4n) is 0. The molecule has 0 heterocycles. The van der Waals surface area contributed by atoms with Crippen LogP contribution in [0.25, 0.3) is 0 Å². The normalized spacial score (nSPS) is 8.60. The first-order valence-electron chi connectivity index (χ1n) is 0.957. The average Bonchev–Trinajstić information content (AvgIpc) is 1.38. The Balaban J connectivity index is 2.83. The molecular formula is CH3NO3. The highest BCUT2D eigenvalue weighted by molar-refractivity contribution is 4.19. The van der Waals surface area contributed by atoms with Crippen LogP contribution < -0.4 is 0 Å². The van der Waals surface area contributed by atoms with E-state index in [-0.39, 0.29) is 0 Å². The molecule has 0 spiro atoms. The SMILES string of the molecule is O=NC(O)O. The third kappa shape index (κ3) is 3.52. The van der Waals surface area contributed by atoms with Crippen LogP contribution in [0.1, 0.15) is 0 Å².